The number of nitrogens with zero attached hydrogens (tertiary/aromatic N) is 2. The molecular weight excluding hydrogens is 414 g/mol. The summed E-state index contributed by atoms with van der Waals surface area (Å²) in [5, 5.41) is 17.8. The molecule has 2 N–H and O–H groups in total. The SMILES string of the molecule is COc1ccc(OC)c(-c2cc(C(=O)NCCC(O)c3ccc4c(c3)OCO4)n(C)n2)c1. The summed E-state index contributed by atoms with van der Waals surface area (Å²) < 4.78 is 22.8. The molecule has 168 valence electrons. The molecule has 1 aliphatic heterocycles. The molecule has 9 heteroatoms. The monoisotopic (exact) mass is 439 g/mol. The standard InChI is InChI=1S/C23H25N3O6/c1-26-18(12-17(25-26)16-11-15(29-2)5-7-20(16)30-3)23(28)24-9-8-19(27)14-4-6-21-22(10-14)32-13-31-21/h4-7,10-12,19,27H,8-9,13H2,1-3H3,(H,24,28). The minimum absolute atomic E-state index is 0.180. The van der Waals surface area contributed by atoms with Crippen LogP contribution in [0.5, 0.6) is 23.0 Å². The fraction of sp³-hybridized carbons (Fsp3) is 0.304. The number of aliphatic hydroxyl groups is 1. The maximum atomic E-state index is 12.7. The summed E-state index contributed by atoms with van der Waals surface area (Å²) in [5.74, 6) is 2.28. The number of ether oxygens (including phenoxy) is 4. The number of methoxy groups -OCH3 is 2. The van der Waals surface area contributed by atoms with Gasteiger partial charge >= 0.3 is 0 Å². The average molecular weight is 439 g/mol. The van der Waals surface area contributed by atoms with E-state index in [4.69, 9.17) is 18.9 Å². The van der Waals surface area contributed by atoms with E-state index in [1.807, 2.05) is 6.07 Å². The molecule has 1 aromatic heterocycles. The number of rotatable bonds is 8. The third kappa shape index (κ3) is 4.33. The molecule has 0 fully saturated rings. The van der Waals surface area contributed by atoms with Gasteiger partial charge in [-0.1, -0.05) is 6.07 Å². The Kier molecular flexibility index (Phi) is 6.18. The molecule has 9 nitrogen and oxygen atoms in total. The lowest BCUT2D eigenvalue weighted by atomic mass is 10.1. The molecule has 1 amide bonds. The van der Waals surface area contributed by atoms with Crippen LogP contribution < -0.4 is 24.3 Å². The number of aromatic nitrogens is 2. The summed E-state index contributed by atoms with van der Waals surface area (Å²) in [6.07, 6.45) is -0.396. The molecule has 0 radical (unpaired) electrons. The van der Waals surface area contributed by atoms with Gasteiger partial charge in [-0.15, -0.1) is 0 Å². The smallest absolute Gasteiger partial charge is 0.269 e. The summed E-state index contributed by atoms with van der Waals surface area (Å²) >= 11 is 0. The molecule has 1 atom stereocenters. The molecule has 1 aliphatic rings. The van der Waals surface area contributed by atoms with Gasteiger partial charge in [-0.2, -0.15) is 5.10 Å². The summed E-state index contributed by atoms with van der Waals surface area (Å²) in [6.45, 7) is 0.469. The normalized spacial score (nSPS) is 13.0. The van der Waals surface area contributed by atoms with Gasteiger partial charge in [0.25, 0.3) is 5.91 Å². The highest BCUT2D eigenvalue weighted by Crippen LogP contribution is 2.35. The van der Waals surface area contributed by atoms with Crippen LogP contribution in [0.25, 0.3) is 11.3 Å². The summed E-state index contributed by atoms with van der Waals surface area (Å²) in [4.78, 5) is 12.7. The lowest BCUT2D eigenvalue weighted by Crippen LogP contribution is -2.27. The van der Waals surface area contributed by atoms with Gasteiger partial charge in [0.2, 0.25) is 6.79 Å². The molecule has 2 aromatic carbocycles. The topological polar surface area (TPSA) is 104 Å². The van der Waals surface area contributed by atoms with Gasteiger partial charge in [0.1, 0.15) is 17.2 Å². The van der Waals surface area contributed by atoms with Crippen molar-refractivity contribution >= 4 is 5.91 Å². The van der Waals surface area contributed by atoms with E-state index in [1.54, 1.807) is 57.7 Å². The zero-order valence-electron chi connectivity index (χ0n) is 18.1. The van der Waals surface area contributed by atoms with Gasteiger partial charge in [0.15, 0.2) is 11.5 Å². The minimum atomic E-state index is -0.743. The van der Waals surface area contributed by atoms with E-state index in [-0.39, 0.29) is 19.2 Å². The van der Waals surface area contributed by atoms with Crippen molar-refractivity contribution in [3.05, 3.63) is 53.7 Å². The summed E-state index contributed by atoms with van der Waals surface area (Å²) in [5.41, 5.74) is 2.41. The lowest BCUT2D eigenvalue weighted by molar-refractivity contribution is 0.0933. The van der Waals surface area contributed by atoms with Gasteiger partial charge in [-0.3, -0.25) is 9.48 Å². The number of hydrogen-bond donors (Lipinski definition) is 2. The van der Waals surface area contributed by atoms with Crippen molar-refractivity contribution in [2.24, 2.45) is 7.05 Å². The Balaban J connectivity index is 1.41. The first kappa shape index (κ1) is 21.5. The van der Waals surface area contributed by atoms with E-state index in [9.17, 15) is 9.90 Å². The van der Waals surface area contributed by atoms with Crippen molar-refractivity contribution in [1.29, 1.82) is 0 Å². The molecule has 0 aliphatic carbocycles. The van der Waals surface area contributed by atoms with Crippen molar-refractivity contribution in [2.45, 2.75) is 12.5 Å². The fourth-order valence-electron chi connectivity index (χ4n) is 3.53. The van der Waals surface area contributed by atoms with Crippen LogP contribution >= 0.6 is 0 Å². The van der Waals surface area contributed by atoms with Gasteiger partial charge in [-0.25, -0.2) is 0 Å². The largest absolute Gasteiger partial charge is 0.497 e. The van der Waals surface area contributed by atoms with E-state index < -0.39 is 6.10 Å². The molecule has 3 aromatic rings. The third-order valence-corrected chi connectivity index (χ3v) is 5.28. The van der Waals surface area contributed by atoms with Crippen molar-refractivity contribution in [1.82, 2.24) is 15.1 Å². The number of amides is 1. The number of nitrogens with one attached hydrogen (secondary N) is 1. The highest BCUT2D eigenvalue weighted by atomic mass is 16.7. The molecule has 0 spiro atoms. The zero-order chi connectivity index (χ0) is 22.7. The number of carbonyl (C=O) groups excluding carboxylic acids is 1. The average Bonchev–Trinajstić information content (AvgIpc) is 3.44. The molecule has 1 unspecified atom stereocenters. The second kappa shape index (κ2) is 9.19. The van der Waals surface area contributed by atoms with Crippen LogP contribution in [0.3, 0.4) is 0 Å². The first-order valence-corrected chi connectivity index (χ1v) is 10.1. The molecule has 32 heavy (non-hydrogen) atoms. The van der Waals surface area contributed by atoms with Crippen LogP contribution in [0.4, 0.5) is 0 Å². The van der Waals surface area contributed by atoms with Gasteiger partial charge in [0, 0.05) is 19.2 Å². The first-order chi connectivity index (χ1) is 15.5. The molecule has 2 heterocycles. The number of benzene rings is 2. The van der Waals surface area contributed by atoms with Crippen molar-refractivity contribution in [3.8, 4) is 34.3 Å². The second-order valence-electron chi connectivity index (χ2n) is 7.28. The number of hydrogen-bond acceptors (Lipinski definition) is 7. The van der Waals surface area contributed by atoms with Gasteiger partial charge in [0.05, 0.1) is 26.0 Å². The van der Waals surface area contributed by atoms with Crippen LogP contribution in [0.1, 0.15) is 28.6 Å². The Bertz CT molecular complexity index is 1130. The van der Waals surface area contributed by atoms with E-state index in [2.05, 4.69) is 10.4 Å². The molecule has 0 saturated carbocycles. The number of fused-ring (bicyclic) bond motifs is 1. The van der Waals surface area contributed by atoms with Crippen molar-refractivity contribution in [3.63, 3.8) is 0 Å². The Morgan fingerprint density at radius 2 is 1.97 bits per heavy atom. The Morgan fingerprint density at radius 1 is 1.16 bits per heavy atom. The number of carbonyl (C=O) groups is 1. The van der Waals surface area contributed by atoms with Gasteiger partial charge < -0.3 is 29.4 Å². The number of aliphatic hydroxyl groups excluding tert-OH is 1. The Morgan fingerprint density at radius 3 is 2.75 bits per heavy atom. The number of aryl methyl sites for hydroxylation is 1. The third-order valence-electron chi connectivity index (χ3n) is 5.28. The van der Waals surface area contributed by atoms with Crippen molar-refractivity contribution < 1.29 is 28.8 Å². The van der Waals surface area contributed by atoms with Crippen molar-refractivity contribution in [2.75, 3.05) is 27.6 Å². The predicted molar refractivity (Wildman–Crippen MR) is 116 cm³/mol. The van der Waals surface area contributed by atoms with Gasteiger partial charge in [-0.05, 0) is 48.4 Å². The second-order valence-corrected chi connectivity index (χ2v) is 7.28. The molecular formula is C23H25N3O6. The van der Waals surface area contributed by atoms with Crippen LogP contribution in [-0.4, -0.2) is 48.4 Å². The van der Waals surface area contributed by atoms with E-state index in [0.29, 0.717) is 46.4 Å². The van der Waals surface area contributed by atoms with Crippen LogP contribution in [0.2, 0.25) is 0 Å². The highest BCUT2D eigenvalue weighted by Gasteiger charge is 2.19. The van der Waals surface area contributed by atoms with E-state index in [1.165, 1.54) is 4.68 Å². The lowest BCUT2D eigenvalue weighted by Gasteiger charge is -2.12. The Hall–Kier alpha value is -3.72. The Labute approximate surface area is 185 Å². The zero-order valence-corrected chi connectivity index (χ0v) is 18.1. The maximum absolute atomic E-state index is 12.7. The van der Waals surface area contributed by atoms with Crippen LogP contribution in [0.15, 0.2) is 42.5 Å². The fourth-order valence-corrected chi connectivity index (χ4v) is 3.53. The molecule has 4 rings (SSSR count). The maximum Gasteiger partial charge on any atom is 0.269 e. The summed E-state index contributed by atoms with van der Waals surface area (Å²) in [7, 11) is 4.86. The van der Waals surface area contributed by atoms with Crippen LogP contribution in [-0.2, 0) is 7.05 Å². The molecule has 0 bridgehead atoms. The quantitative estimate of drug-likeness (QED) is 0.556. The first-order valence-electron chi connectivity index (χ1n) is 10.1. The highest BCUT2D eigenvalue weighted by molar-refractivity contribution is 5.94. The predicted octanol–water partition coefficient (Wildman–Crippen LogP) is 2.69. The van der Waals surface area contributed by atoms with Crippen LogP contribution in [0, 0.1) is 0 Å². The molecule has 0 saturated heterocycles. The summed E-state index contributed by atoms with van der Waals surface area (Å²) in [6, 6.07) is 12.4. The van der Waals surface area contributed by atoms with E-state index >= 15 is 0 Å². The minimum Gasteiger partial charge on any atom is -0.497 e. The van der Waals surface area contributed by atoms with E-state index in [0.717, 1.165) is 5.56 Å².